The molecule has 1 atom stereocenters. The minimum Gasteiger partial charge on any atom is -1.00 e. The molecule has 0 aliphatic heterocycles. The van der Waals surface area contributed by atoms with Gasteiger partial charge in [-0.2, -0.15) is 8.42 Å². The van der Waals surface area contributed by atoms with Crippen LogP contribution in [0.1, 0.15) is 44.7 Å². The molecule has 33 heavy (non-hydrogen) atoms. The Morgan fingerprint density at radius 1 is 0.788 bits per heavy atom. The summed E-state index contributed by atoms with van der Waals surface area (Å²) in [5.74, 6) is -2.01. The van der Waals surface area contributed by atoms with Gasteiger partial charge in [0.1, 0.15) is 0 Å². The monoisotopic (exact) mass is 486 g/mol. The Morgan fingerprint density at radius 2 is 1.24 bits per heavy atom. The van der Waals surface area contributed by atoms with Gasteiger partial charge < -0.3 is 10.9 Å². The molecule has 2 aromatic rings. The Labute approximate surface area is 219 Å². The minimum absolute atomic E-state index is 0. The molecule has 0 aromatic heterocycles. The average Bonchev–Trinajstić information content (AvgIpc) is 2.77. The normalized spacial score (nSPS) is 11.8. The molecule has 0 saturated carbocycles. The molecule has 0 fully saturated rings. The molecule has 0 bridgehead atoms. The van der Waals surface area contributed by atoms with Crippen LogP contribution in [0.15, 0.2) is 60.7 Å². The van der Waals surface area contributed by atoms with Gasteiger partial charge in [0.2, 0.25) is 0 Å². The quantitative estimate of drug-likeness (QED) is 0.183. The van der Waals surface area contributed by atoms with Gasteiger partial charge in [0.05, 0.1) is 19.6 Å². The van der Waals surface area contributed by atoms with E-state index in [4.69, 9.17) is 9.47 Å². The summed E-state index contributed by atoms with van der Waals surface area (Å²) in [5, 5.41) is -1.98. The summed E-state index contributed by atoms with van der Waals surface area (Å²) in [7, 11) is -4.79. The fraction of sp³-hybridized carbons (Fsp3) is 0.417. The zero-order valence-electron chi connectivity index (χ0n) is 20.0. The summed E-state index contributed by atoms with van der Waals surface area (Å²) in [6.45, 7) is 0.116. The number of carbonyl (C=O) groups excluding carboxylic acids is 2. The first kappa shape index (κ1) is 29.3. The van der Waals surface area contributed by atoms with Crippen molar-refractivity contribution >= 4 is 22.1 Å². The van der Waals surface area contributed by atoms with Crippen LogP contribution in [0.4, 0.5) is 0 Å². The second-order valence-electron chi connectivity index (χ2n) is 7.48. The molecule has 0 saturated heterocycles. The number of esters is 2. The van der Waals surface area contributed by atoms with Crippen LogP contribution in [0, 0.1) is 0 Å². The largest absolute Gasteiger partial charge is 1.00 e. The van der Waals surface area contributed by atoms with Gasteiger partial charge >= 0.3 is 41.5 Å². The molecule has 9 heteroatoms. The number of unbranched alkanes of at least 4 members (excludes halogenated alkanes) is 2. The zero-order valence-corrected chi connectivity index (χ0v) is 21.8. The topological polar surface area (TPSA) is 107 Å². The van der Waals surface area contributed by atoms with E-state index in [1.54, 1.807) is 0 Å². The molecular weight excluding hydrogens is 455 g/mol. The second kappa shape index (κ2) is 16.0. The Hall–Kier alpha value is -1.71. The van der Waals surface area contributed by atoms with Crippen LogP contribution in [0.2, 0.25) is 0 Å². The van der Waals surface area contributed by atoms with Crippen molar-refractivity contribution in [1.82, 2.24) is 0 Å². The van der Waals surface area contributed by atoms with Gasteiger partial charge in [0, 0.05) is 0 Å². The molecule has 0 amide bonds. The van der Waals surface area contributed by atoms with Gasteiger partial charge in [0.25, 0.3) is 10.1 Å². The fourth-order valence-corrected chi connectivity index (χ4v) is 3.78. The Balaban J connectivity index is 0.00000544. The van der Waals surface area contributed by atoms with Crippen LogP contribution in [0.25, 0.3) is 0 Å². The molecule has 2 rings (SSSR count). The van der Waals surface area contributed by atoms with Crippen molar-refractivity contribution in [2.75, 3.05) is 13.2 Å². The molecule has 0 aliphatic carbocycles. The van der Waals surface area contributed by atoms with Crippen molar-refractivity contribution in [3.63, 3.8) is 0 Å². The average molecular weight is 487 g/mol. The van der Waals surface area contributed by atoms with Crippen LogP contribution in [-0.2, 0) is 42.0 Å². The third kappa shape index (κ3) is 12.4. The van der Waals surface area contributed by atoms with Crippen LogP contribution in [0.5, 0.6) is 0 Å². The van der Waals surface area contributed by atoms with E-state index in [-0.39, 0.29) is 44.2 Å². The van der Waals surface area contributed by atoms with Crippen LogP contribution < -0.4 is 29.6 Å². The van der Waals surface area contributed by atoms with Crippen LogP contribution >= 0.6 is 0 Å². The van der Waals surface area contributed by atoms with Crippen molar-refractivity contribution in [2.45, 2.75) is 50.2 Å². The third-order valence-corrected chi connectivity index (χ3v) is 5.97. The predicted molar refractivity (Wildman–Crippen MR) is 122 cm³/mol. The first-order chi connectivity index (χ1) is 15.4. The van der Waals surface area contributed by atoms with E-state index in [1.165, 1.54) is 5.56 Å². The molecule has 0 aliphatic rings. The molecule has 7 nitrogen and oxygen atoms in total. The van der Waals surface area contributed by atoms with Crippen LogP contribution in [0.3, 0.4) is 0 Å². The number of benzene rings is 2. The summed E-state index contributed by atoms with van der Waals surface area (Å²) in [6, 6.07) is 19.7. The van der Waals surface area contributed by atoms with Crippen molar-refractivity contribution in [3.8, 4) is 0 Å². The molecule has 0 spiro atoms. The second-order valence-corrected chi connectivity index (χ2v) is 9.08. The first-order valence-electron chi connectivity index (χ1n) is 10.7. The van der Waals surface area contributed by atoms with E-state index < -0.39 is 33.7 Å². The summed E-state index contributed by atoms with van der Waals surface area (Å²) in [4.78, 5) is 24.1. The van der Waals surface area contributed by atoms with Crippen LogP contribution in [-0.4, -0.2) is 43.4 Å². The fourth-order valence-electron chi connectivity index (χ4n) is 3.12. The molecule has 1 N–H and O–H groups in total. The maximum atomic E-state index is 12.1. The van der Waals surface area contributed by atoms with Gasteiger partial charge in [0.15, 0.2) is 5.25 Å². The third-order valence-electron chi connectivity index (χ3n) is 4.89. The predicted octanol–water partition coefficient (Wildman–Crippen LogP) is 0.882. The van der Waals surface area contributed by atoms with E-state index in [9.17, 15) is 22.6 Å². The van der Waals surface area contributed by atoms with E-state index in [2.05, 4.69) is 0 Å². The van der Waals surface area contributed by atoms with Crippen molar-refractivity contribution in [2.24, 2.45) is 0 Å². The summed E-state index contributed by atoms with van der Waals surface area (Å²) in [5.41, 5.74) is 2.33. The number of hydrogen-bond donors (Lipinski definition) is 1. The molecular formula is C24H31NaO7S. The van der Waals surface area contributed by atoms with Gasteiger partial charge in [-0.15, -0.1) is 0 Å². The number of hydrogen-bond acceptors (Lipinski definition) is 6. The van der Waals surface area contributed by atoms with E-state index in [1.807, 2.05) is 60.7 Å². The minimum atomic E-state index is -4.79. The number of aryl methyl sites for hydroxylation is 2. The first-order valence-corrected chi connectivity index (χ1v) is 12.2. The molecule has 0 heterocycles. The Morgan fingerprint density at radius 3 is 1.70 bits per heavy atom. The van der Waals surface area contributed by atoms with E-state index >= 15 is 0 Å². The van der Waals surface area contributed by atoms with Gasteiger partial charge in [-0.1, -0.05) is 60.7 Å². The maximum absolute atomic E-state index is 12.1. The van der Waals surface area contributed by atoms with Crippen molar-refractivity contribution < 1.29 is 63.0 Å². The molecule has 0 radical (unpaired) electrons. The smallest absolute Gasteiger partial charge is 1.00 e. The Kier molecular flexibility index (Phi) is 14.2. The number of ether oxygens (including phenoxy) is 2. The summed E-state index contributed by atoms with van der Waals surface area (Å²) in [6.07, 6.45) is 3.54. The van der Waals surface area contributed by atoms with Gasteiger partial charge in [-0.05, 0) is 49.7 Å². The zero-order chi connectivity index (χ0) is 23.2. The number of carbonyl (C=O) groups is 2. The maximum Gasteiger partial charge on any atom is 1.00 e. The van der Waals surface area contributed by atoms with Crippen molar-refractivity contribution in [3.05, 3.63) is 71.8 Å². The standard InChI is InChI=1S/C24H30O7S.Na.H/c25-23(30-17-9-7-15-20-11-3-1-4-12-20)19-22(32(27,28)29)24(26)31-18-10-8-16-21-13-5-2-6-14-21;;/h1-6,11-14,22H,7-10,15-19H2,(H,27,28,29);;/q;+1;-1. The van der Waals surface area contributed by atoms with Gasteiger partial charge in [-0.3, -0.25) is 14.1 Å². The summed E-state index contributed by atoms with van der Waals surface area (Å²) >= 11 is 0. The van der Waals surface area contributed by atoms with E-state index in [0.717, 1.165) is 31.2 Å². The number of rotatable bonds is 14. The Bertz CT molecular complexity index is 940. The summed E-state index contributed by atoms with van der Waals surface area (Å²) < 4.78 is 42.5. The SMILES string of the molecule is O=C(CC(C(=O)OCCCCc1ccccc1)S(=O)(=O)O)OCCCCc1ccccc1.[H-].[Na+]. The molecule has 2 aromatic carbocycles. The van der Waals surface area contributed by atoms with Gasteiger partial charge in [-0.25, -0.2) is 0 Å². The van der Waals surface area contributed by atoms with Crippen molar-refractivity contribution in [1.29, 1.82) is 0 Å². The molecule has 176 valence electrons. The van der Waals surface area contributed by atoms with E-state index in [0.29, 0.717) is 12.8 Å². The molecule has 1 unspecified atom stereocenters.